The highest BCUT2D eigenvalue weighted by atomic mass is 16.7. The lowest BCUT2D eigenvalue weighted by atomic mass is 9.85. The number of aliphatic hydroxyl groups is 1. The maximum Gasteiger partial charge on any atom is 0.247 e. The van der Waals surface area contributed by atoms with Gasteiger partial charge in [0.15, 0.2) is 6.29 Å². The Morgan fingerprint density at radius 1 is 0.917 bits per heavy atom. The van der Waals surface area contributed by atoms with Crippen molar-refractivity contribution in [3.05, 3.63) is 95.6 Å². The molecule has 0 bridgehead atoms. The average Bonchev–Trinajstić information content (AvgIpc) is 3.43. The summed E-state index contributed by atoms with van der Waals surface area (Å²) in [5.74, 6) is -0.691. The fourth-order valence-electron chi connectivity index (χ4n) is 6.91. The zero-order valence-electron chi connectivity index (χ0n) is 26.8. The van der Waals surface area contributed by atoms with Crippen molar-refractivity contribution in [1.29, 1.82) is 0 Å². The van der Waals surface area contributed by atoms with Gasteiger partial charge < -0.3 is 35.0 Å². The Kier molecular flexibility index (Phi) is 10.7. The molecule has 0 unspecified atom stereocenters. The van der Waals surface area contributed by atoms with Crippen molar-refractivity contribution in [2.24, 2.45) is 0 Å². The van der Waals surface area contributed by atoms with Gasteiger partial charge in [-0.1, -0.05) is 54.6 Å². The van der Waals surface area contributed by atoms with Crippen molar-refractivity contribution in [2.75, 3.05) is 36.5 Å². The number of para-hydroxylation sites is 1. The highest BCUT2D eigenvalue weighted by molar-refractivity contribution is 5.93. The van der Waals surface area contributed by atoms with Gasteiger partial charge in [-0.3, -0.25) is 19.6 Å². The summed E-state index contributed by atoms with van der Waals surface area (Å²) in [6.07, 6.45) is 1.40. The van der Waals surface area contributed by atoms with Crippen LogP contribution in [0.15, 0.2) is 78.9 Å². The van der Waals surface area contributed by atoms with Gasteiger partial charge in [0, 0.05) is 55.8 Å². The number of carbonyl (C=O) groups is 3. The standard InChI is InChI=1S/C36H43N5O7/c42-23-25-12-14-26(15-13-25)31-21-30(22-40-18-16-36(17-19-40)35(45)37-24-41(36)29-8-2-1-3-9-29)47-34(48-31)27-6-4-7-28(20-27)38-32(43)10-5-11-33(44)39-46/h1-4,6-9,12-15,20,30-31,34,42,46H,5,10-11,16-19,21-24H2,(H,37,45)(H,38,43)(H,39,44)/t30-,31+,34+/m1/s1. The van der Waals surface area contributed by atoms with Gasteiger partial charge in [0.05, 0.1) is 25.5 Å². The Bertz CT molecular complexity index is 1560. The number of hydroxylamine groups is 1. The molecule has 5 N–H and O–H groups in total. The molecular weight excluding hydrogens is 614 g/mol. The lowest BCUT2D eigenvalue weighted by Crippen LogP contribution is -2.57. The van der Waals surface area contributed by atoms with Gasteiger partial charge in [-0.15, -0.1) is 0 Å². The molecule has 1 spiro atoms. The van der Waals surface area contributed by atoms with Gasteiger partial charge in [0.2, 0.25) is 17.7 Å². The number of nitrogens with one attached hydrogen (secondary N) is 3. The number of amides is 3. The molecular formula is C36H43N5O7. The number of anilines is 2. The molecule has 3 aliphatic rings. The first-order valence-corrected chi connectivity index (χ1v) is 16.5. The highest BCUT2D eigenvalue weighted by Gasteiger charge is 2.50. The summed E-state index contributed by atoms with van der Waals surface area (Å²) in [6, 6.07) is 25.2. The quantitative estimate of drug-likeness (QED) is 0.153. The van der Waals surface area contributed by atoms with Gasteiger partial charge >= 0.3 is 0 Å². The Labute approximate surface area is 280 Å². The van der Waals surface area contributed by atoms with Crippen LogP contribution >= 0.6 is 0 Å². The summed E-state index contributed by atoms with van der Waals surface area (Å²) < 4.78 is 13.1. The third-order valence-corrected chi connectivity index (χ3v) is 9.54. The van der Waals surface area contributed by atoms with Crippen LogP contribution in [0.5, 0.6) is 0 Å². The number of likely N-dealkylation sites (tertiary alicyclic amines) is 1. The Hall–Kier alpha value is -4.33. The molecule has 6 rings (SSSR count). The van der Waals surface area contributed by atoms with Crippen molar-refractivity contribution in [3.8, 4) is 0 Å². The molecule has 3 fully saturated rings. The number of ether oxygens (including phenoxy) is 2. The van der Waals surface area contributed by atoms with E-state index in [1.807, 2.05) is 60.7 Å². The Morgan fingerprint density at radius 2 is 1.67 bits per heavy atom. The second-order valence-corrected chi connectivity index (χ2v) is 12.7. The second kappa shape index (κ2) is 15.3. The Balaban J connectivity index is 1.14. The van der Waals surface area contributed by atoms with Crippen LogP contribution < -0.4 is 21.0 Å². The minimum atomic E-state index is -0.693. The van der Waals surface area contributed by atoms with E-state index in [2.05, 4.69) is 32.6 Å². The summed E-state index contributed by atoms with van der Waals surface area (Å²) in [5, 5.41) is 24.2. The first-order valence-electron chi connectivity index (χ1n) is 16.5. The average molecular weight is 658 g/mol. The number of hydrogen-bond acceptors (Lipinski definition) is 9. The molecule has 3 aromatic carbocycles. The van der Waals surface area contributed by atoms with Crippen LogP contribution in [0, 0.1) is 0 Å². The molecule has 48 heavy (non-hydrogen) atoms. The van der Waals surface area contributed by atoms with Gasteiger partial charge in [-0.05, 0) is 54.7 Å². The lowest BCUT2D eigenvalue weighted by Gasteiger charge is -2.45. The Morgan fingerprint density at radius 3 is 2.40 bits per heavy atom. The SMILES string of the molecule is O=C(CCCC(=O)Nc1cccc([C@H]2O[C@@H](CN3CCC4(CC3)C(=O)NCN4c3ccccc3)C[C@@H](c3ccc(CO)cc3)O2)c1)NO. The largest absolute Gasteiger partial charge is 0.392 e. The third kappa shape index (κ3) is 7.69. The van der Waals surface area contributed by atoms with E-state index in [0.29, 0.717) is 44.6 Å². The van der Waals surface area contributed by atoms with Gasteiger partial charge in [-0.2, -0.15) is 0 Å². The molecule has 254 valence electrons. The molecule has 12 nitrogen and oxygen atoms in total. The van der Waals surface area contributed by atoms with Crippen LogP contribution in [0.25, 0.3) is 0 Å². The summed E-state index contributed by atoms with van der Waals surface area (Å²) in [6.45, 7) is 2.64. The highest BCUT2D eigenvalue weighted by Crippen LogP contribution is 2.40. The number of carbonyl (C=O) groups excluding carboxylic acids is 3. The summed E-state index contributed by atoms with van der Waals surface area (Å²) >= 11 is 0. The predicted octanol–water partition coefficient (Wildman–Crippen LogP) is 3.77. The van der Waals surface area contributed by atoms with Crippen LogP contribution in [0.1, 0.15) is 67.6 Å². The van der Waals surface area contributed by atoms with E-state index in [0.717, 1.165) is 35.5 Å². The molecule has 0 aliphatic carbocycles. The first kappa shape index (κ1) is 33.6. The maximum atomic E-state index is 13.2. The van der Waals surface area contributed by atoms with Crippen LogP contribution in [-0.2, 0) is 30.5 Å². The van der Waals surface area contributed by atoms with Crippen molar-refractivity contribution in [1.82, 2.24) is 15.7 Å². The van der Waals surface area contributed by atoms with Crippen molar-refractivity contribution >= 4 is 29.1 Å². The van der Waals surface area contributed by atoms with Gasteiger partial charge in [-0.25, -0.2) is 5.48 Å². The molecule has 3 amide bonds. The van der Waals surface area contributed by atoms with Crippen LogP contribution in [0.2, 0.25) is 0 Å². The number of hydrogen-bond donors (Lipinski definition) is 5. The number of nitrogens with zero attached hydrogens (tertiary/aromatic N) is 2. The van der Waals surface area contributed by atoms with E-state index in [1.54, 1.807) is 11.5 Å². The minimum absolute atomic E-state index is 0.0382. The smallest absolute Gasteiger partial charge is 0.247 e. The predicted molar refractivity (Wildman–Crippen MR) is 178 cm³/mol. The molecule has 3 atom stereocenters. The zero-order chi connectivity index (χ0) is 33.5. The number of benzene rings is 3. The molecule has 3 saturated heterocycles. The van der Waals surface area contributed by atoms with Crippen molar-refractivity contribution in [2.45, 2.75) is 69.2 Å². The van der Waals surface area contributed by atoms with E-state index < -0.39 is 17.7 Å². The maximum absolute atomic E-state index is 13.2. The molecule has 0 saturated carbocycles. The normalized spacial score (nSPS) is 22.3. The third-order valence-electron chi connectivity index (χ3n) is 9.54. The lowest BCUT2D eigenvalue weighted by molar-refractivity contribution is -0.253. The second-order valence-electron chi connectivity index (χ2n) is 12.7. The fourth-order valence-corrected chi connectivity index (χ4v) is 6.91. The van der Waals surface area contributed by atoms with E-state index in [1.165, 1.54) is 0 Å². The number of piperidine rings is 1. The fraction of sp³-hybridized carbons (Fsp3) is 0.417. The van der Waals surface area contributed by atoms with Crippen LogP contribution in [0.3, 0.4) is 0 Å². The van der Waals surface area contributed by atoms with Crippen LogP contribution in [-0.4, -0.2) is 70.9 Å². The monoisotopic (exact) mass is 657 g/mol. The van der Waals surface area contributed by atoms with E-state index in [9.17, 15) is 19.5 Å². The summed E-state index contributed by atoms with van der Waals surface area (Å²) in [5.41, 5.74) is 5.20. The van der Waals surface area contributed by atoms with Gasteiger partial charge in [0.1, 0.15) is 5.54 Å². The molecule has 0 radical (unpaired) electrons. The molecule has 3 aromatic rings. The van der Waals surface area contributed by atoms with E-state index in [-0.39, 0.29) is 43.5 Å². The first-order chi connectivity index (χ1) is 23.4. The van der Waals surface area contributed by atoms with E-state index >= 15 is 0 Å². The van der Waals surface area contributed by atoms with E-state index in [4.69, 9.17) is 14.7 Å². The summed E-state index contributed by atoms with van der Waals surface area (Å²) in [4.78, 5) is 41.6. The molecule has 3 aliphatic heterocycles. The minimum Gasteiger partial charge on any atom is -0.392 e. The summed E-state index contributed by atoms with van der Waals surface area (Å²) in [7, 11) is 0. The molecule has 12 heteroatoms. The molecule has 3 heterocycles. The van der Waals surface area contributed by atoms with Crippen molar-refractivity contribution in [3.63, 3.8) is 0 Å². The van der Waals surface area contributed by atoms with Gasteiger partial charge in [0.25, 0.3) is 0 Å². The topological polar surface area (TPSA) is 153 Å². The number of rotatable bonds is 11. The molecule has 0 aromatic heterocycles. The van der Waals surface area contributed by atoms with Crippen molar-refractivity contribution < 1.29 is 34.2 Å². The number of aliphatic hydroxyl groups excluding tert-OH is 1. The van der Waals surface area contributed by atoms with Crippen LogP contribution in [0.4, 0.5) is 11.4 Å². The zero-order valence-corrected chi connectivity index (χ0v) is 26.8.